The van der Waals surface area contributed by atoms with Crippen molar-refractivity contribution in [2.24, 2.45) is 0 Å². The third-order valence-electron chi connectivity index (χ3n) is 5.09. The first-order chi connectivity index (χ1) is 15.0. The van der Waals surface area contributed by atoms with Crippen molar-refractivity contribution in [1.82, 2.24) is 0 Å². The Kier molecular flexibility index (Phi) is 8.07. The van der Waals surface area contributed by atoms with Crippen molar-refractivity contribution in [3.63, 3.8) is 0 Å². The van der Waals surface area contributed by atoms with Crippen molar-refractivity contribution in [3.8, 4) is 23.0 Å². The molecule has 3 aromatic carbocycles. The number of ketones is 1. The van der Waals surface area contributed by atoms with Crippen LogP contribution < -0.4 is 9.47 Å². The van der Waals surface area contributed by atoms with E-state index in [4.69, 9.17) is 9.47 Å². The number of hydrogen-bond donors (Lipinski definition) is 2. The lowest BCUT2D eigenvalue weighted by molar-refractivity contribution is -0.126. The van der Waals surface area contributed by atoms with Crippen LogP contribution in [0, 0.1) is 0 Å². The van der Waals surface area contributed by atoms with E-state index >= 15 is 0 Å². The number of aryl methyl sites for hydroxylation is 1. The fraction of sp³-hybridized carbons (Fsp3) is 0.269. The minimum Gasteiger partial charge on any atom is -0.504 e. The molecule has 31 heavy (non-hydrogen) atoms. The molecule has 0 saturated carbocycles. The summed E-state index contributed by atoms with van der Waals surface area (Å²) in [5.41, 5.74) is 1.90. The van der Waals surface area contributed by atoms with Crippen LogP contribution >= 0.6 is 0 Å². The Hall–Kier alpha value is -3.31. The van der Waals surface area contributed by atoms with Gasteiger partial charge in [-0.25, -0.2) is 0 Å². The molecule has 5 nitrogen and oxygen atoms in total. The van der Waals surface area contributed by atoms with Crippen molar-refractivity contribution < 1.29 is 24.5 Å². The van der Waals surface area contributed by atoms with Gasteiger partial charge in [0.2, 0.25) is 0 Å². The second kappa shape index (κ2) is 11.2. The number of carbonyl (C=O) groups excluding carboxylic acids is 1. The van der Waals surface area contributed by atoms with Gasteiger partial charge >= 0.3 is 0 Å². The molecule has 0 spiro atoms. The van der Waals surface area contributed by atoms with Crippen LogP contribution in [0.15, 0.2) is 72.8 Å². The van der Waals surface area contributed by atoms with E-state index in [9.17, 15) is 15.0 Å². The number of para-hydroxylation sites is 1. The highest BCUT2D eigenvalue weighted by Gasteiger charge is 2.15. The molecular weight excluding hydrogens is 392 g/mol. The molecule has 0 aliphatic heterocycles. The van der Waals surface area contributed by atoms with Gasteiger partial charge in [-0.3, -0.25) is 4.79 Å². The molecule has 162 valence electrons. The lowest BCUT2D eigenvalue weighted by atomic mass is 10.00. The lowest BCUT2D eigenvalue weighted by Crippen LogP contribution is -2.22. The van der Waals surface area contributed by atoms with E-state index in [1.807, 2.05) is 66.7 Å². The minimum absolute atomic E-state index is 0.118. The largest absolute Gasteiger partial charge is 0.504 e. The van der Waals surface area contributed by atoms with E-state index in [0.717, 1.165) is 36.1 Å². The summed E-state index contributed by atoms with van der Waals surface area (Å²) in [5.74, 6) is 1.85. The van der Waals surface area contributed by atoms with Crippen LogP contribution in [-0.4, -0.2) is 29.2 Å². The highest BCUT2D eigenvalue weighted by atomic mass is 16.5. The molecule has 3 rings (SSSR count). The first-order valence-corrected chi connectivity index (χ1v) is 10.4. The van der Waals surface area contributed by atoms with E-state index in [1.54, 1.807) is 6.07 Å². The molecule has 0 saturated heterocycles. The van der Waals surface area contributed by atoms with Gasteiger partial charge in [0, 0.05) is 6.42 Å². The molecule has 0 radical (unpaired) electrons. The Morgan fingerprint density at radius 3 is 2.29 bits per heavy atom. The summed E-state index contributed by atoms with van der Waals surface area (Å²) in [5, 5.41) is 19.9. The SMILES string of the molecule is COc1cc(CCCCC(O)C(=O)Cc2ccc(Oc3ccccc3)cc2)ccc1O. The molecule has 5 heteroatoms. The minimum atomic E-state index is -0.963. The summed E-state index contributed by atoms with van der Waals surface area (Å²) >= 11 is 0. The fourth-order valence-electron chi connectivity index (χ4n) is 3.32. The van der Waals surface area contributed by atoms with Crippen LogP contribution in [0.5, 0.6) is 23.0 Å². The Morgan fingerprint density at radius 1 is 0.903 bits per heavy atom. The van der Waals surface area contributed by atoms with Crippen LogP contribution in [-0.2, 0) is 17.6 Å². The number of carbonyl (C=O) groups is 1. The maximum Gasteiger partial charge on any atom is 0.165 e. The van der Waals surface area contributed by atoms with Gasteiger partial charge < -0.3 is 19.7 Å². The van der Waals surface area contributed by atoms with Gasteiger partial charge in [0.15, 0.2) is 17.3 Å². The zero-order valence-corrected chi connectivity index (χ0v) is 17.7. The summed E-state index contributed by atoms with van der Waals surface area (Å²) in [6, 6.07) is 22.1. The number of ether oxygens (including phenoxy) is 2. The van der Waals surface area contributed by atoms with Crippen molar-refractivity contribution >= 4 is 5.78 Å². The molecule has 1 atom stereocenters. The molecule has 0 aliphatic rings. The van der Waals surface area contributed by atoms with Gasteiger partial charge in [-0.05, 0) is 66.8 Å². The van der Waals surface area contributed by atoms with E-state index in [-0.39, 0.29) is 18.0 Å². The summed E-state index contributed by atoms with van der Waals surface area (Å²) in [6.45, 7) is 0. The maximum atomic E-state index is 12.3. The number of unbranched alkanes of at least 4 members (excludes halogenated alkanes) is 1. The number of phenols is 1. The molecular formula is C26H28O5. The summed E-state index contributed by atoms with van der Waals surface area (Å²) in [6.07, 6.45) is 2.03. The third kappa shape index (κ3) is 6.86. The van der Waals surface area contributed by atoms with Gasteiger partial charge in [-0.15, -0.1) is 0 Å². The standard InChI is InChI=1S/C26H28O5/c1-30-26-18-19(13-16-24(26)28)7-5-6-10-23(27)25(29)17-20-11-14-22(15-12-20)31-21-8-3-2-4-9-21/h2-4,8-9,11-16,18,23,27-28H,5-7,10,17H2,1H3. The Bertz CT molecular complexity index is 967. The number of phenolic OH excluding ortho intramolecular Hbond substituents is 1. The number of benzene rings is 3. The quantitative estimate of drug-likeness (QED) is 0.423. The summed E-state index contributed by atoms with van der Waals surface area (Å²) in [4.78, 5) is 12.3. The second-order valence-corrected chi connectivity index (χ2v) is 7.47. The van der Waals surface area contributed by atoms with E-state index in [2.05, 4.69) is 0 Å². The van der Waals surface area contributed by atoms with Crippen LogP contribution in [0.2, 0.25) is 0 Å². The Balaban J connectivity index is 1.41. The fourth-order valence-corrected chi connectivity index (χ4v) is 3.32. The number of hydrogen-bond acceptors (Lipinski definition) is 5. The van der Waals surface area contributed by atoms with Gasteiger partial charge in [-0.2, -0.15) is 0 Å². The normalized spacial score (nSPS) is 11.7. The van der Waals surface area contributed by atoms with Crippen molar-refractivity contribution in [2.45, 2.75) is 38.2 Å². The second-order valence-electron chi connectivity index (χ2n) is 7.47. The number of methoxy groups -OCH3 is 1. The first kappa shape index (κ1) is 22.4. The van der Waals surface area contributed by atoms with Crippen molar-refractivity contribution in [3.05, 3.63) is 83.9 Å². The molecule has 0 fully saturated rings. The molecule has 0 aromatic heterocycles. The number of Topliss-reactive ketones (excluding diaryl/α,β-unsaturated/α-hetero) is 1. The molecule has 1 unspecified atom stereocenters. The number of aliphatic hydroxyl groups excluding tert-OH is 1. The Morgan fingerprint density at radius 2 is 1.58 bits per heavy atom. The van der Waals surface area contributed by atoms with Crippen molar-refractivity contribution in [1.29, 1.82) is 0 Å². The van der Waals surface area contributed by atoms with Crippen LogP contribution in [0.4, 0.5) is 0 Å². The predicted molar refractivity (Wildman–Crippen MR) is 120 cm³/mol. The zero-order valence-electron chi connectivity index (χ0n) is 17.7. The van der Waals surface area contributed by atoms with Gasteiger partial charge in [0.25, 0.3) is 0 Å². The zero-order chi connectivity index (χ0) is 22.1. The highest BCUT2D eigenvalue weighted by molar-refractivity contribution is 5.84. The number of rotatable bonds is 11. The number of aliphatic hydroxyl groups is 1. The summed E-state index contributed by atoms with van der Waals surface area (Å²) < 4.78 is 10.9. The summed E-state index contributed by atoms with van der Waals surface area (Å²) in [7, 11) is 1.52. The van der Waals surface area contributed by atoms with Gasteiger partial charge in [0.05, 0.1) is 7.11 Å². The van der Waals surface area contributed by atoms with Gasteiger partial charge in [0.1, 0.15) is 17.6 Å². The molecule has 0 bridgehead atoms. The van der Waals surface area contributed by atoms with Crippen molar-refractivity contribution in [2.75, 3.05) is 7.11 Å². The molecule has 3 aromatic rings. The molecule has 2 N–H and O–H groups in total. The van der Waals surface area contributed by atoms with E-state index in [1.165, 1.54) is 7.11 Å². The average Bonchev–Trinajstić information content (AvgIpc) is 2.79. The maximum absolute atomic E-state index is 12.3. The first-order valence-electron chi connectivity index (χ1n) is 10.4. The van der Waals surface area contributed by atoms with E-state index in [0.29, 0.717) is 17.9 Å². The third-order valence-corrected chi connectivity index (χ3v) is 5.09. The Labute approximate surface area is 182 Å². The van der Waals surface area contributed by atoms with Crippen LogP contribution in [0.1, 0.15) is 30.4 Å². The molecule has 0 heterocycles. The van der Waals surface area contributed by atoms with Crippen LogP contribution in [0.3, 0.4) is 0 Å². The van der Waals surface area contributed by atoms with Crippen LogP contribution in [0.25, 0.3) is 0 Å². The molecule has 0 amide bonds. The van der Waals surface area contributed by atoms with E-state index < -0.39 is 6.10 Å². The molecule has 0 aliphatic carbocycles. The predicted octanol–water partition coefficient (Wildman–Crippen LogP) is 5.08. The highest BCUT2D eigenvalue weighted by Crippen LogP contribution is 2.27. The van der Waals surface area contributed by atoms with Gasteiger partial charge in [-0.1, -0.05) is 42.8 Å². The average molecular weight is 421 g/mol. The topological polar surface area (TPSA) is 76.0 Å². The lowest BCUT2D eigenvalue weighted by Gasteiger charge is -2.11. The smallest absolute Gasteiger partial charge is 0.165 e. The monoisotopic (exact) mass is 420 g/mol. The number of aromatic hydroxyl groups is 1.